The predicted molar refractivity (Wildman–Crippen MR) is 212 cm³/mol. The van der Waals surface area contributed by atoms with Gasteiger partial charge in [0.25, 0.3) is 0 Å². The van der Waals surface area contributed by atoms with Crippen molar-refractivity contribution in [1.82, 2.24) is 14.5 Å². The van der Waals surface area contributed by atoms with Crippen molar-refractivity contribution in [3.05, 3.63) is 53.6 Å². The first kappa shape index (κ1) is 38.3. The number of aromatic carboxylic acids is 1. The molecule has 0 unspecified atom stereocenters. The molecule has 52 heavy (non-hydrogen) atoms. The fourth-order valence-electron chi connectivity index (χ4n) is 14.2. The summed E-state index contributed by atoms with van der Waals surface area (Å²) < 4.78 is 26.5. The predicted octanol–water partition coefficient (Wildman–Crippen LogP) is 8.35. The number of hydrogen-bond donors (Lipinski definition) is 2. The maximum Gasteiger partial charge on any atom is 0.335 e. The molecule has 8 heteroatoms. The van der Waals surface area contributed by atoms with Gasteiger partial charge in [0.2, 0.25) is 10.0 Å². The molecular weight excluding hydrogens is 667 g/mol. The third-order valence-electron chi connectivity index (χ3n) is 17.1. The molecule has 7 nitrogen and oxygen atoms in total. The lowest BCUT2D eigenvalue weighted by Gasteiger charge is -2.72. The van der Waals surface area contributed by atoms with Gasteiger partial charge < -0.3 is 10.4 Å². The molecule has 7 rings (SSSR count). The van der Waals surface area contributed by atoms with E-state index in [9.17, 15) is 18.3 Å². The number of piperazine rings is 1. The van der Waals surface area contributed by atoms with E-state index in [4.69, 9.17) is 0 Å². The molecule has 9 atom stereocenters. The fraction of sp³-hybridized carbons (Fsp3) is 0.750. The van der Waals surface area contributed by atoms with E-state index >= 15 is 0 Å². The summed E-state index contributed by atoms with van der Waals surface area (Å²) in [7, 11) is -3.11. The highest BCUT2D eigenvalue weighted by Crippen LogP contribution is 2.76. The molecule has 5 aliphatic carbocycles. The van der Waals surface area contributed by atoms with Crippen LogP contribution in [0.5, 0.6) is 0 Å². The summed E-state index contributed by atoms with van der Waals surface area (Å²) in [6.07, 6.45) is 13.8. The van der Waals surface area contributed by atoms with E-state index in [1.54, 1.807) is 23.4 Å². The molecule has 1 aliphatic heterocycles. The number of rotatable bonds is 9. The normalized spacial score (nSPS) is 40.5. The molecule has 0 radical (unpaired) electrons. The molecule has 288 valence electrons. The van der Waals surface area contributed by atoms with Crippen LogP contribution in [0, 0.1) is 51.2 Å². The van der Waals surface area contributed by atoms with E-state index in [-0.39, 0.29) is 33.0 Å². The molecule has 0 amide bonds. The molecule has 5 fully saturated rings. The molecule has 1 aromatic rings. The van der Waals surface area contributed by atoms with Gasteiger partial charge in [-0.2, -0.15) is 4.31 Å². The second kappa shape index (κ2) is 13.3. The van der Waals surface area contributed by atoms with Crippen LogP contribution in [0.3, 0.4) is 0 Å². The summed E-state index contributed by atoms with van der Waals surface area (Å²) in [5.41, 5.74) is 5.25. The Kier molecular flexibility index (Phi) is 9.82. The number of benzene rings is 1. The van der Waals surface area contributed by atoms with Crippen molar-refractivity contribution in [2.75, 3.05) is 45.0 Å². The van der Waals surface area contributed by atoms with Gasteiger partial charge in [0.1, 0.15) is 0 Å². The quantitative estimate of drug-likeness (QED) is 0.248. The van der Waals surface area contributed by atoms with Gasteiger partial charge in [-0.05, 0) is 146 Å². The minimum atomic E-state index is -3.11. The maximum atomic E-state index is 12.4. The van der Waals surface area contributed by atoms with Gasteiger partial charge in [-0.3, -0.25) is 4.90 Å². The zero-order valence-electron chi connectivity index (χ0n) is 33.3. The van der Waals surface area contributed by atoms with E-state index in [1.165, 1.54) is 68.1 Å². The first-order valence-corrected chi connectivity index (χ1v) is 22.2. The van der Waals surface area contributed by atoms with Crippen LogP contribution in [0.4, 0.5) is 0 Å². The van der Waals surface area contributed by atoms with Crippen molar-refractivity contribution >= 4 is 21.6 Å². The summed E-state index contributed by atoms with van der Waals surface area (Å²) in [5.74, 6) is 2.43. The Labute approximate surface area is 315 Å². The van der Waals surface area contributed by atoms with E-state index in [2.05, 4.69) is 64.4 Å². The summed E-state index contributed by atoms with van der Waals surface area (Å²) >= 11 is 0. The molecule has 0 aromatic heterocycles. The fourth-order valence-corrected chi connectivity index (χ4v) is 15.3. The highest BCUT2D eigenvalue weighted by atomic mass is 32.2. The van der Waals surface area contributed by atoms with Gasteiger partial charge in [0.15, 0.2) is 0 Å². The third kappa shape index (κ3) is 5.82. The second-order valence-corrected chi connectivity index (χ2v) is 21.6. The van der Waals surface area contributed by atoms with Crippen molar-refractivity contribution < 1.29 is 18.3 Å². The van der Waals surface area contributed by atoms with Gasteiger partial charge in [-0.15, -0.1) is 0 Å². The Morgan fingerprint density at radius 2 is 1.60 bits per heavy atom. The number of sulfonamides is 1. The van der Waals surface area contributed by atoms with Crippen LogP contribution in [0.1, 0.15) is 122 Å². The summed E-state index contributed by atoms with van der Waals surface area (Å²) in [5, 5.41) is 13.8. The number of nitrogens with one attached hydrogen (secondary N) is 1. The van der Waals surface area contributed by atoms with Crippen molar-refractivity contribution in [3.8, 4) is 0 Å². The molecule has 6 aliphatic rings. The summed E-state index contributed by atoms with van der Waals surface area (Å²) in [4.78, 5) is 14.0. The molecule has 0 bridgehead atoms. The monoisotopic (exact) mass is 733 g/mol. The first-order valence-electron chi connectivity index (χ1n) is 20.6. The lowest BCUT2D eigenvalue weighted by Crippen LogP contribution is -2.68. The van der Waals surface area contributed by atoms with Crippen molar-refractivity contribution in [3.63, 3.8) is 0 Å². The lowest BCUT2D eigenvalue weighted by atomic mass is 9.33. The molecule has 1 saturated heterocycles. The highest BCUT2D eigenvalue weighted by molar-refractivity contribution is 7.89. The highest BCUT2D eigenvalue weighted by Gasteiger charge is 2.70. The van der Waals surface area contributed by atoms with Crippen LogP contribution in [-0.2, 0) is 10.0 Å². The van der Waals surface area contributed by atoms with Gasteiger partial charge >= 0.3 is 5.97 Å². The van der Waals surface area contributed by atoms with Gasteiger partial charge in [-0.1, -0.05) is 65.0 Å². The number of carbonyl (C=O) groups is 1. The zero-order chi connectivity index (χ0) is 37.5. The topological polar surface area (TPSA) is 90.0 Å². The maximum absolute atomic E-state index is 12.4. The van der Waals surface area contributed by atoms with Crippen LogP contribution >= 0.6 is 0 Å². The van der Waals surface area contributed by atoms with Gasteiger partial charge in [0.05, 0.1) is 11.3 Å². The minimum absolute atomic E-state index is 0.00979. The zero-order valence-corrected chi connectivity index (χ0v) is 34.1. The van der Waals surface area contributed by atoms with Gasteiger partial charge in [-0.25, -0.2) is 13.2 Å². The average Bonchev–Trinajstić information content (AvgIpc) is 3.49. The number of fused-ring (bicyclic) bond motifs is 7. The molecular formula is C44H67N3O4S. The number of carboxylic acids is 1. The molecule has 2 N–H and O–H groups in total. The molecule has 0 spiro atoms. The van der Waals surface area contributed by atoms with Crippen molar-refractivity contribution in [2.24, 2.45) is 51.2 Å². The average molecular weight is 734 g/mol. The lowest BCUT2D eigenvalue weighted by molar-refractivity contribution is -0.219. The third-order valence-corrected chi connectivity index (χ3v) is 19.0. The van der Waals surface area contributed by atoms with Crippen molar-refractivity contribution in [2.45, 2.75) is 112 Å². The number of hydrogen-bond acceptors (Lipinski definition) is 5. The Morgan fingerprint density at radius 3 is 2.23 bits per heavy atom. The first-order chi connectivity index (χ1) is 24.4. The van der Waals surface area contributed by atoms with Crippen LogP contribution in [0.2, 0.25) is 0 Å². The smallest absolute Gasteiger partial charge is 0.335 e. The molecule has 1 aromatic carbocycles. The van der Waals surface area contributed by atoms with Crippen LogP contribution in [0.15, 0.2) is 42.5 Å². The van der Waals surface area contributed by atoms with E-state index in [0.29, 0.717) is 48.2 Å². The van der Waals surface area contributed by atoms with Crippen LogP contribution in [-0.4, -0.2) is 79.3 Å². The largest absolute Gasteiger partial charge is 0.478 e. The molecule has 1 heterocycles. The van der Waals surface area contributed by atoms with E-state index in [1.807, 2.05) is 12.1 Å². The number of allylic oxidation sites excluding steroid dienone is 3. The van der Waals surface area contributed by atoms with E-state index < -0.39 is 16.0 Å². The molecule has 4 saturated carbocycles. The number of nitrogens with zero attached hydrogens (tertiary/aromatic N) is 2. The minimum Gasteiger partial charge on any atom is -0.478 e. The second-order valence-electron chi connectivity index (χ2n) is 19.3. The van der Waals surface area contributed by atoms with Gasteiger partial charge in [0, 0.05) is 44.8 Å². The number of carboxylic acid groups (broad SMARTS) is 1. The Hall–Kier alpha value is -2.00. The van der Waals surface area contributed by atoms with Crippen LogP contribution in [0.25, 0.3) is 5.57 Å². The Balaban J connectivity index is 1.11. The Morgan fingerprint density at radius 1 is 0.904 bits per heavy atom. The SMILES string of the molecule is C=C(C)[C@@H]1CC[C@]2(NCCN3CCN(S(=O)(=O)CC)CC3)CC[C@]3(C)[C@H](CC[C@@H]4[C@@]5(C)CC=C(c6ccc(C(=O)O)cc6)C(C)(C)[C@@H]5CC[C@]43C)[C@@H]12. The Bertz CT molecular complexity index is 1700. The van der Waals surface area contributed by atoms with E-state index in [0.717, 1.165) is 32.6 Å². The van der Waals surface area contributed by atoms with Crippen molar-refractivity contribution in [1.29, 1.82) is 0 Å². The summed E-state index contributed by atoms with van der Waals surface area (Å²) in [6, 6.07) is 7.59. The standard InChI is InChI=1S/C44H67N3O4S/c1-9-52(50,51)47-28-26-46(27-29-47)25-24-45-44-21-16-33(30(2)3)38(44)35-14-15-37-41(6)19-17-34(31-10-12-32(13-11-31)39(48)49)40(4,5)36(41)18-20-43(37,8)42(35,7)22-23-44/h10-13,17,33,35-38,45H,2,9,14-16,18-29H2,1,3-8H3,(H,48,49)/t33-,35+,36-,37+,38+,41-,42+,43+,44-/m0/s1. The van der Waals surface area contributed by atoms with Crippen LogP contribution < -0.4 is 5.32 Å². The summed E-state index contributed by atoms with van der Waals surface area (Å²) in [6.45, 7) is 26.4.